The maximum atomic E-state index is 12.2. The molecular formula is C21H28ClN7OS. The van der Waals surface area contributed by atoms with Crippen LogP contribution in [-0.4, -0.2) is 76.7 Å². The molecule has 1 amide bonds. The maximum absolute atomic E-state index is 12.2. The van der Waals surface area contributed by atoms with Crippen LogP contribution in [0.1, 0.15) is 11.4 Å². The predicted octanol–water partition coefficient (Wildman–Crippen LogP) is 2.22. The minimum Gasteiger partial charge on any atom is -0.369 e. The molecule has 1 aromatic heterocycles. The first-order valence-corrected chi connectivity index (χ1v) is 11.5. The lowest BCUT2D eigenvalue weighted by molar-refractivity contribution is -0.122. The normalized spacial score (nSPS) is 15.2. The van der Waals surface area contributed by atoms with Gasteiger partial charge in [-0.15, -0.1) is 11.8 Å². The molecule has 10 heteroatoms. The fourth-order valence-corrected chi connectivity index (χ4v) is 4.11. The Morgan fingerprint density at radius 3 is 2.45 bits per heavy atom. The Morgan fingerprint density at radius 1 is 1.16 bits per heavy atom. The summed E-state index contributed by atoms with van der Waals surface area (Å²) in [4.78, 5) is 30.5. The number of guanidine groups is 1. The van der Waals surface area contributed by atoms with Gasteiger partial charge in [-0.2, -0.15) is 4.99 Å². The summed E-state index contributed by atoms with van der Waals surface area (Å²) in [5, 5.41) is 3.71. The first-order valence-electron chi connectivity index (χ1n) is 10.2. The summed E-state index contributed by atoms with van der Waals surface area (Å²) in [5.41, 5.74) is 7.88. The van der Waals surface area contributed by atoms with Crippen molar-refractivity contribution in [2.75, 3.05) is 45.0 Å². The van der Waals surface area contributed by atoms with E-state index in [1.54, 1.807) is 11.8 Å². The van der Waals surface area contributed by atoms with Crippen molar-refractivity contribution in [1.82, 2.24) is 25.1 Å². The minimum absolute atomic E-state index is 0.0374. The van der Waals surface area contributed by atoms with Gasteiger partial charge in [0.1, 0.15) is 0 Å². The van der Waals surface area contributed by atoms with E-state index in [0.717, 1.165) is 40.1 Å². The number of halogens is 1. The highest BCUT2D eigenvalue weighted by molar-refractivity contribution is 7.99. The van der Waals surface area contributed by atoms with Crippen molar-refractivity contribution in [1.29, 1.82) is 0 Å². The van der Waals surface area contributed by atoms with E-state index in [9.17, 15) is 4.79 Å². The molecule has 2 aromatic rings. The second-order valence-electron chi connectivity index (χ2n) is 7.34. The number of rotatable bonds is 7. The van der Waals surface area contributed by atoms with Crippen molar-refractivity contribution in [2.24, 2.45) is 10.7 Å². The van der Waals surface area contributed by atoms with Crippen LogP contribution < -0.4 is 11.1 Å². The zero-order valence-electron chi connectivity index (χ0n) is 17.8. The summed E-state index contributed by atoms with van der Waals surface area (Å²) >= 11 is 7.58. The number of hydrogen-bond donors (Lipinski definition) is 2. The molecule has 0 saturated carbocycles. The molecule has 1 aromatic carbocycles. The van der Waals surface area contributed by atoms with Gasteiger partial charge in [0.25, 0.3) is 5.95 Å². The van der Waals surface area contributed by atoms with Gasteiger partial charge in [0.15, 0.2) is 5.96 Å². The van der Waals surface area contributed by atoms with E-state index in [4.69, 9.17) is 17.3 Å². The topological polar surface area (TPSA) is 99.7 Å². The molecule has 31 heavy (non-hydrogen) atoms. The summed E-state index contributed by atoms with van der Waals surface area (Å²) in [6.45, 7) is 7.74. The van der Waals surface area contributed by atoms with Crippen LogP contribution in [0, 0.1) is 13.8 Å². The largest absolute Gasteiger partial charge is 0.369 e. The third-order valence-corrected chi connectivity index (χ3v) is 6.02. The molecule has 0 bridgehead atoms. The monoisotopic (exact) mass is 461 g/mol. The summed E-state index contributed by atoms with van der Waals surface area (Å²) in [6, 6.07) is 9.60. The molecule has 0 unspecified atom stereocenters. The lowest BCUT2D eigenvalue weighted by Gasteiger charge is -2.34. The van der Waals surface area contributed by atoms with Gasteiger partial charge >= 0.3 is 0 Å². The molecule has 3 N–H and O–H groups in total. The van der Waals surface area contributed by atoms with Crippen LogP contribution in [0.2, 0.25) is 5.02 Å². The Kier molecular flexibility index (Phi) is 8.51. The molecule has 1 fully saturated rings. The Labute approximate surface area is 192 Å². The number of nitrogens with two attached hydrogens (primary N) is 1. The lowest BCUT2D eigenvalue weighted by Crippen LogP contribution is -2.53. The number of amides is 1. The minimum atomic E-state index is 0.0374. The molecule has 3 rings (SSSR count). The van der Waals surface area contributed by atoms with Crippen molar-refractivity contribution in [2.45, 2.75) is 18.7 Å². The highest BCUT2D eigenvalue weighted by atomic mass is 35.5. The van der Waals surface area contributed by atoms with E-state index in [1.165, 1.54) is 0 Å². The van der Waals surface area contributed by atoms with E-state index in [2.05, 4.69) is 25.2 Å². The van der Waals surface area contributed by atoms with Gasteiger partial charge in [-0.25, -0.2) is 9.97 Å². The molecular weight excluding hydrogens is 434 g/mol. The van der Waals surface area contributed by atoms with Gasteiger partial charge < -0.3 is 16.0 Å². The Morgan fingerprint density at radius 2 is 1.81 bits per heavy atom. The fourth-order valence-electron chi connectivity index (χ4n) is 3.21. The number of aromatic nitrogens is 2. The summed E-state index contributed by atoms with van der Waals surface area (Å²) in [6.07, 6.45) is 0. The van der Waals surface area contributed by atoms with E-state index >= 15 is 0 Å². The predicted molar refractivity (Wildman–Crippen MR) is 126 cm³/mol. The number of nitrogens with one attached hydrogen (secondary N) is 1. The molecule has 0 aliphatic carbocycles. The average Bonchev–Trinajstić information content (AvgIpc) is 2.72. The van der Waals surface area contributed by atoms with E-state index in [-0.39, 0.29) is 5.91 Å². The van der Waals surface area contributed by atoms with E-state index in [0.29, 0.717) is 38.1 Å². The smallest absolute Gasteiger partial charge is 0.253 e. The average molecular weight is 462 g/mol. The second-order valence-corrected chi connectivity index (χ2v) is 8.94. The molecule has 0 atom stereocenters. The van der Waals surface area contributed by atoms with Crippen LogP contribution in [0.4, 0.5) is 5.95 Å². The third kappa shape index (κ3) is 7.68. The molecule has 1 aliphatic heterocycles. The quantitative estimate of drug-likeness (QED) is 0.282. The van der Waals surface area contributed by atoms with Crippen molar-refractivity contribution >= 4 is 41.2 Å². The zero-order valence-corrected chi connectivity index (χ0v) is 19.4. The second kappa shape index (κ2) is 11.3. The molecule has 2 heterocycles. The van der Waals surface area contributed by atoms with Crippen molar-refractivity contribution in [3.05, 3.63) is 46.7 Å². The molecule has 0 radical (unpaired) electrons. The number of carbonyl (C=O) groups excluding carboxylic acids is 1. The molecule has 8 nitrogen and oxygen atoms in total. The molecule has 0 spiro atoms. The molecule has 1 aliphatic rings. The zero-order chi connectivity index (χ0) is 22.2. The van der Waals surface area contributed by atoms with Crippen molar-refractivity contribution in [3.8, 4) is 0 Å². The van der Waals surface area contributed by atoms with Gasteiger partial charge in [-0.05, 0) is 44.2 Å². The Bertz CT molecular complexity index is 894. The highest BCUT2D eigenvalue weighted by Crippen LogP contribution is 2.19. The van der Waals surface area contributed by atoms with Crippen molar-refractivity contribution in [3.63, 3.8) is 0 Å². The Hall–Kier alpha value is -2.36. The number of carbonyl (C=O) groups is 1. The molecule has 1 saturated heterocycles. The number of aryl methyl sites for hydroxylation is 2. The van der Waals surface area contributed by atoms with Gasteiger partial charge in [0.2, 0.25) is 5.91 Å². The number of nitrogens with zero attached hydrogens (tertiary/aromatic N) is 5. The number of thioether (sulfide) groups is 1. The fraction of sp³-hybridized carbons (Fsp3) is 0.429. The highest BCUT2D eigenvalue weighted by Gasteiger charge is 2.20. The first-order chi connectivity index (χ1) is 14.9. The first kappa shape index (κ1) is 23.3. The molecule has 166 valence electrons. The maximum Gasteiger partial charge on any atom is 0.253 e. The standard InChI is InChI=1S/C21H28ClN7OS/c1-15-13-16(2)26-21(25-15)27-20(23)29-10-8-28(9-11-29)14-19(30)24-7-12-31-18-5-3-17(22)4-6-18/h3-6,13H,7-12,14H2,1-2H3,(H,24,30)(H2,23,25,26,27). The SMILES string of the molecule is Cc1cc(C)nc(/N=C(\N)N2CCN(CC(=O)NCCSc3ccc(Cl)cc3)CC2)n1. The van der Waals surface area contributed by atoms with Crippen LogP contribution in [0.25, 0.3) is 0 Å². The van der Waals surface area contributed by atoms with Gasteiger partial charge in [-0.3, -0.25) is 9.69 Å². The van der Waals surface area contributed by atoms with Crippen LogP contribution in [0.3, 0.4) is 0 Å². The van der Waals surface area contributed by atoms with Crippen LogP contribution in [0.5, 0.6) is 0 Å². The van der Waals surface area contributed by atoms with E-state index in [1.807, 2.05) is 49.1 Å². The lowest BCUT2D eigenvalue weighted by atomic mass is 10.3. The summed E-state index contributed by atoms with van der Waals surface area (Å²) in [5.74, 6) is 1.64. The van der Waals surface area contributed by atoms with E-state index < -0.39 is 0 Å². The van der Waals surface area contributed by atoms with Gasteiger partial charge in [0.05, 0.1) is 6.54 Å². The van der Waals surface area contributed by atoms with Crippen LogP contribution in [-0.2, 0) is 4.79 Å². The summed E-state index contributed by atoms with van der Waals surface area (Å²) in [7, 11) is 0. The van der Waals surface area contributed by atoms with Gasteiger partial charge in [0, 0.05) is 59.8 Å². The van der Waals surface area contributed by atoms with Crippen LogP contribution in [0.15, 0.2) is 40.2 Å². The van der Waals surface area contributed by atoms with Gasteiger partial charge in [-0.1, -0.05) is 11.6 Å². The third-order valence-electron chi connectivity index (χ3n) is 4.76. The Balaban J connectivity index is 1.36. The summed E-state index contributed by atoms with van der Waals surface area (Å²) < 4.78 is 0. The number of hydrogen-bond acceptors (Lipinski definition) is 6. The number of benzene rings is 1. The number of piperazine rings is 1. The number of aliphatic imine (C=N–C) groups is 1. The van der Waals surface area contributed by atoms with Crippen molar-refractivity contribution < 1.29 is 4.79 Å². The van der Waals surface area contributed by atoms with Crippen LogP contribution >= 0.6 is 23.4 Å².